The minimum absolute atomic E-state index is 0. The second kappa shape index (κ2) is 8.24. The first kappa shape index (κ1) is 18.4. The zero-order chi connectivity index (χ0) is 16.9. The number of hydrogen-bond donors (Lipinski definition) is 0. The van der Waals surface area contributed by atoms with E-state index in [-0.39, 0.29) is 22.8 Å². The van der Waals surface area contributed by atoms with Gasteiger partial charge in [-0.2, -0.15) is 5.26 Å². The average molecular weight is 393 g/mol. The van der Waals surface area contributed by atoms with Gasteiger partial charge in [0.25, 0.3) is 0 Å². The van der Waals surface area contributed by atoms with Gasteiger partial charge in [0.05, 0.1) is 11.6 Å². The Morgan fingerprint density at radius 3 is 2.40 bits per heavy atom. The molecule has 0 aliphatic carbocycles. The average Bonchev–Trinajstić information content (AvgIpc) is 2.60. The van der Waals surface area contributed by atoms with E-state index in [1.54, 1.807) is 18.2 Å². The van der Waals surface area contributed by atoms with Crippen LogP contribution in [0.1, 0.15) is 22.5 Å². The maximum Gasteiger partial charge on any atom is 0.123 e. The Morgan fingerprint density at radius 2 is 1.72 bits per heavy atom. The molecule has 0 radical (unpaired) electrons. The van der Waals surface area contributed by atoms with Gasteiger partial charge >= 0.3 is 0 Å². The molecular formula is C21H14BrFN2. The van der Waals surface area contributed by atoms with Crippen molar-refractivity contribution in [3.05, 3.63) is 89.0 Å². The van der Waals surface area contributed by atoms with E-state index in [4.69, 9.17) is 0 Å². The second-order valence-corrected chi connectivity index (χ2v) is 5.29. The Morgan fingerprint density at radius 1 is 0.960 bits per heavy atom. The summed E-state index contributed by atoms with van der Waals surface area (Å²) in [6, 6.07) is 19.4. The molecule has 4 heteroatoms. The number of rotatable bonds is 1. The van der Waals surface area contributed by atoms with Gasteiger partial charge in [0.2, 0.25) is 0 Å². The monoisotopic (exact) mass is 392 g/mol. The molecule has 0 amide bonds. The third kappa shape index (κ3) is 4.53. The number of aromatic nitrogens is 1. The fourth-order valence-electron chi connectivity index (χ4n) is 2.34. The maximum absolute atomic E-state index is 13.0. The zero-order valence-electron chi connectivity index (χ0n) is 13.5. The molecule has 0 atom stereocenters. The van der Waals surface area contributed by atoms with E-state index in [0.29, 0.717) is 11.3 Å². The summed E-state index contributed by atoms with van der Waals surface area (Å²) in [5, 5.41) is 9.40. The molecule has 3 aromatic rings. The number of halogens is 2. The fraction of sp³-hybridized carbons (Fsp3) is 0.0476. The molecule has 0 aliphatic rings. The summed E-state index contributed by atoms with van der Waals surface area (Å²) in [4.78, 5) is 4.33. The van der Waals surface area contributed by atoms with Crippen LogP contribution in [0.15, 0.2) is 60.7 Å². The molecule has 2 aromatic carbocycles. The molecule has 2 nitrogen and oxygen atoms in total. The number of benzene rings is 2. The summed E-state index contributed by atoms with van der Waals surface area (Å²) in [5.74, 6) is 5.73. The van der Waals surface area contributed by atoms with Crippen molar-refractivity contribution in [2.24, 2.45) is 0 Å². The van der Waals surface area contributed by atoms with Gasteiger partial charge in [-0.05, 0) is 60.4 Å². The van der Waals surface area contributed by atoms with Gasteiger partial charge in [0.1, 0.15) is 11.5 Å². The van der Waals surface area contributed by atoms with Crippen LogP contribution in [0, 0.1) is 35.9 Å². The number of pyridine rings is 1. The van der Waals surface area contributed by atoms with Gasteiger partial charge in [-0.25, -0.2) is 9.37 Å². The first-order valence-electron chi connectivity index (χ1n) is 7.41. The van der Waals surface area contributed by atoms with Gasteiger partial charge in [-0.15, -0.1) is 17.0 Å². The highest BCUT2D eigenvalue weighted by atomic mass is 79.9. The molecule has 0 saturated heterocycles. The third-order valence-electron chi connectivity index (χ3n) is 3.52. The molecule has 0 bridgehead atoms. The van der Waals surface area contributed by atoms with E-state index in [9.17, 15) is 9.65 Å². The number of aryl methyl sites for hydroxylation is 1. The Bertz CT molecular complexity index is 993. The predicted octanol–water partition coefficient (Wildman–Crippen LogP) is 5.05. The van der Waals surface area contributed by atoms with Crippen LogP contribution < -0.4 is 0 Å². The largest absolute Gasteiger partial charge is 0.245 e. The quantitative estimate of drug-likeness (QED) is 0.543. The highest BCUT2D eigenvalue weighted by molar-refractivity contribution is 8.93. The lowest BCUT2D eigenvalue weighted by Gasteiger charge is -2.05. The van der Waals surface area contributed by atoms with E-state index in [0.717, 1.165) is 22.4 Å². The molecule has 25 heavy (non-hydrogen) atoms. The van der Waals surface area contributed by atoms with Crippen molar-refractivity contribution >= 4 is 17.0 Å². The molecular weight excluding hydrogens is 379 g/mol. The van der Waals surface area contributed by atoms with Crippen LogP contribution in [0.4, 0.5) is 4.39 Å². The lowest BCUT2D eigenvalue weighted by molar-refractivity contribution is 0.628. The van der Waals surface area contributed by atoms with Gasteiger partial charge in [-0.1, -0.05) is 30.2 Å². The van der Waals surface area contributed by atoms with Gasteiger partial charge in [-0.3, -0.25) is 0 Å². The normalized spacial score (nSPS) is 9.32. The van der Waals surface area contributed by atoms with E-state index >= 15 is 0 Å². The smallest absolute Gasteiger partial charge is 0.123 e. The molecule has 122 valence electrons. The van der Waals surface area contributed by atoms with Crippen molar-refractivity contribution in [2.45, 2.75) is 6.92 Å². The van der Waals surface area contributed by atoms with Crippen molar-refractivity contribution in [3.63, 3.8) is 0 Å². The summed E-state index contributed by atoms with van der Waals surface area (Å²) < 4.78 is 13.0. The minimum atomic E-state index is -0.301. The van der Waals surface area contributed by atoms with Gasteiger partial charge < -0.3 is 0 Å². The van der Waals surface area contributed by atoms with Crippen LogP contribution in [-0.4, -0.2) is 4.98 Å². The highest BCUT2D eigenvalue weighted by Gasteiger charge is 2.06. The molecule has 0 unspecified atom stereocenters. The first-order chi connectivity index (χ1) is 11.7. The summed E-state index contributed by atoms with van der Waals surface area (Å²) in [7, 11) is 0. The highest BCUT2D eigenvalue weighted by Crippen LogP contribution is 2.24. The lowest BCUT2D eigenvalue weighted by atomic mass is 9.98. The Labute approximate surface area is 156 Å². The van der Waals surface area contributed by atoms with Crippen molar-refractivity contribution < 1.29 is 4.39 Å². The number of hydrogen-bond acceptors (Lipinski definition) is 2. The fourth-order valence-corrected chi connectivity index (χ4v) is 2.34. The van der Waals surface area contributed by atoms with Crippen molar-refractivity contribution in [3.8, 4) is 29.0 Å². The van der Waals surface area contributed by atoms with E-state index in [1.807, 2.05) is 37.3 Å². The minimum Gasteiger partial charge on any atom is -0.245 e. The maximum atomic E-state index is 13.0. The van der Waals surface area contributed by atoms with Crippen molar-refractivity contribution in [1.82, 2.24) is 4.98 Å². The molecule has 3 rings (SSSR count). The van der Waals surface area contributed by atoms with Crippen LogP contribution in [0.5, 0.6) is 0 Å². The summed E-state index contributed by atoms with van der Waals surface area (Å²) >= 11 is 0. The van der Waals surface area contributed by atoms with Crippen LogP contribution >= 0.6 is 17.0 Å². The first-order valence-corrected chi connectivity index (χ1v) is 7.41. The van der Waals surface area contributed by atoms with Crippen molar-refractivity contribution in [1.29, 1.82) is 5.26 Å². The molecule has 0 N–H and O–H groups in total. The second-order valence-electron chi connectivity index (χ2n) is 5.29. The molecule has 0 aliphatic heterocycles. The summed E-state index contributed by atoms with van der Waals surface area (Å²) in [6.45, 7) is 1.91. The number of nitriles is 1. The Balaban J connectivity index is 0.00000225. The topological polar surface area (TPSA) is 36.7 Å². The Hall–Kier alpha value is -2.95. The van der Waals surface area contributed by atoms with Gasteiger partial charge in [0, 0.05) is 11.3 Å². The van der Waals surface area contributed by atoms with Crippen molar-refractivity contribution in [2.75, 3.05) is 0 Å². The third-order valence-corrected chi connectivity index (χ3v) is 3.52. The molecule has 1 heterocycles. The van der Waals surface area contributed by atoms with Gasteiger partial charge in [0.15, 0.2) is 0 Å². The number of nitrogens with zero attached hydrogens (tertiary/aromatic N) is 2. The van der Waals surface area contributed by atoms with Crippen LogP contribution in [0.25, 0.3) is 11.1 Å². The van der Waals surface area contributed by atoms with Crippen LogP contribution in [-0.2, 0) is 0 Å². The van der Waals surface area contributed by atoms with E-state index in [2.05, 4.69) is 22.9 Å². The molecule has 0 fully saturated rings. The van der Waals surface area contributed by atoms with Crippen LogP contribution in [0.2, 0.25) is 0 Å². The van der Waals surface area contributed by atoms with Crippen LogP contribution in [0.3, 0.4) is 0 Å². The Kier molecular flexibility index (Phi) is 6.06. The lowest BCUT2D eigenvalue weighted by Crippen LogP contribution is -1.88. The van der Waals surface area contributed by atoms with E-state index in [1.165, 1.54) is 12.1 Å². The molecule has 0 saturated carbocycles. The molecule has 1 aromatic heterocycles. The summed E-state index contributed by atoms with van der Waals surface area (Å²) in [5.41, 5.74) is 4.40. The standard InChI is InChI=1S/C21H13FN2.BrH/c1-15-3-2-4-20(24-15)11-5-16-6-12-21(18(13-16)14-23)17-7-9-19(22)10-8-17;/h2-4,6-10,12-13H,1H3;1H. The predicted molar refractivity (Wildman–Crippen MR) is 102 cm³/mol. The zero-order valence-corrected chi connectivity index (χ0v) is 15.2. The SMILES string of the molecule is Br.Cc1cccc(C#Cc2ccc(-c3ccc(F)cc3)c(C#N)c2)n1. The van der Waals surface area contributed by atoms with E-state index < -0.39 is 0 Å². The summed E-state index contributed by atoms with van der Waals surface area (Å²) in [6.07, 6.45) is 0. The molecule has 0 spiro atoms.